The third kappa shape index (κ3) is 3.63. The normalized spacial score (nSPS) is 11.0. The van der Waals surface area contributed by atoms with Gasteiger partial charge in [-0.3, -0.25) is 0 Å². The van der Waals surface area contributed by atoms with Crippen LogP contribution in [-0.4, -0.2) is 22.1 Å². The van der Waals surface area contributed by atoms with E-state index in [4.69, 9.17) is 16.3 Å². The van der Waals surface area contributed by atoms with Crippen LogP contribution in [0.25, 0.3) is 21.5 Å². The molecule has 2 heterocycles. The number of hydrogen-bond donors (Lipinski definition) is 1. The standard InChI is InChI=1S/C20H16ClFN4OS/c1-11-25-16(12-3-5-15-18(7-12)28-10-24-15)8-19(26-11)23-9-13-14(22)4-6-17(27-2)20(13)21/h3-8,10H,9H2,1-2H3,(H,23,25,26). The van der Waals surface area contributed by atoms with Gasteiger partial charge in [0.1, 0.15) is 23.2 Å². The molecule has 0 amide bonds. The van der Waals surface area contributed by atoms with Gasteiger partial charge in [0.05, 0.1) is 33.6 Å². The summed E-state index contributed by atoms with van der Waals surface area (Å²) < 4.78 is 20.4. The molecule has 0 unspecified atom stereocenters. The van der Waals surface area contributed by atoms with Crippen molar-refractivity contribution in [2.45, 2.75) is 13.5 Å². The second kappa shape index (κ2) is 7.69. The Balaban J connectivity index is 1.63. The number of halogens is 2. The molecule has 8 heteroatoms. The first-order chi connectivity index (χ1) is 13.5. The lowest BCUT2D eigenvalue weighted by molar-refractivity contribution is 0.413. The van der Waals surface area contributed by atoms with E-state index in [0.29, 0.717) is 23.0 Å². The van der Waals surface area contributed by atoms with E-state index in [-0.39, 0.29) is 11.6 Å². The number of hydrogen-bond acceptors (Lipinski definition) is 6. The van der Waals surface area contributed by atoms with Gasteiger partial charge in [0.25, 0.3) is 0 Å². The molecule has 0 aliphatic carbocycles. The lowest BCUT2D eigenvalue weighted by atomic mass is 10.1. The van der Waals surface area contributed by atoms with Gasteiger partial charge in [-0.2, -0.15) is 0 Å². The minimum atomic E-state index is -0.403. The van der Waals surface area contributed by atoms with E-state index in [9.17, 15) is 4.39 Å². The molecule has 0 fully saturated rings. The summed E-state index contributed by atoms with van der Waals surface area (Å²) in [5.74, 6) is 1.23. The number of nitrogens with one attached hydrogen (secondary N) is 1. The van der Waals surface area contributed by atoms with Crippen LogP contribution in [0.2, 0.25) is 5.02 Å². The molecule has 0 saturated heterocycles. The summed E-state index contributed by atoms with van der Waals surface area (Å²) in [7, 11) is 1.50. The number of benzene rings is 2. The van der Waals surface area contributed by atoms with Crippen LogP contribution in [0.4, 0.5) is 10.2 Å². The van der Waals surface area contributed by atoms with E-state index in [1.165, 1.54) is 19.2 Å². The van der Waals surface area contributed by atoms with Crippen LogP contribution < -0.4 is 10.1 Å². The molecule has 2 aromatic heterocycles. The third-order valence-electron chi connectivity index (χ3n) is 4.28. The SMILES string of the molecule is COc1ccc(F)c(CNc2cc(-c3ccc4ncsc4c3)nc(C)n2)c1Cl. The summed E-state index contributed by atoms with van der Waals surface area (Å²) >= 11 is 7.82. The van der Waals surface area contributed by atoms with Gasteiger partial charge in [-0.1, -0.05) is 17.7 Å². The number of fused-ring (bicyclic) bond motifs is 1. The molecule has 0 atom stereocenters. The Kier molecular flexibility index (Phi) is 5.11. The van der Waals surface area contributed by atoms with Crippen LogP contribution in [-0.2, 0) is 6.54 Å². The molecule has 0 saturated carbocycles. The first-order valence-corrected chi connectivity index (χ1v) is 9.75. The third-order valence-corrected chi connectivity index (χ3v) is 5.49. The fourth-order valence-corrected chi connectivity index (χ4v) is 3.91. The van der Waals surface area contributed by atoms with Crippen LogP contribution >= 0.6 is 22.9 Å². The summed E-state index contributed by atoms with van der Waals surface area (Å²) in [4.78, 5) is 13.2. The highest BCUT2D eigenvalue weighted by Crippen LogP contribution is 2.31. The fourth-order valence-electron chi connectivity index (χ4n) is 2.90. The highest BCUT2D eigenvalue weighted by atomic mass is 35.5. The molecule has 2 aromatic carbocycles. The lowest BCUT2D eigenvalue weighted by Crippen LogP contribution is -2.06. The van der Waals surface area contributed by atoms with Crippen LogP contribution in [0.15, 0.2) is 41.9 Å². The molecule has 1 N–H and O–H groups in total. The average molecular weight is 415 g/mol. The first-order valence-electron chi connectivity index (χ1n) is 8.49. The van der Waals surface area contributed by atoms with Crippen LogP contribution in [0.5, 0.6) is 5.75 Å². The van der Waals surface area contributed by atoms with E-state index >= 15 is 0 Å². The maximum absolute atomic E-state index is 14.2. The van der Waals surface area contributed by atoms with Gasteiger partial charge >= 0.3 is 0 Å². The average Bonchev–Trinajstić information content (AvgIpc) is 3.15. The van der Waals surface area contributed by atoms with E-state index in [2.05, 4.69) is 26.3 Å². The Morgan fingerprint density at radius 3 is 2.86 bits per heavy atom. The Morgan fingerprint density at radius 2 is 2.04 bits per heavy atom. The number of ether oxygens (including phenoxy) is 1. The van der Waals surface area contributed by atoms with Gasteiger partial charge in [0.2, 0.25) is 0 Å². The monoisotopic (exact) mass is 414 g/mol. The predicted molar refractivity (Wildman–Crippen MR) is 111 cm³/mol. The lowest BCUT2D eigenvalue weighted by Gasteiger charge is -2.12. The van der Waals surface area contributed by atoms with Gasteiger partial charge in [0, 0.05) is 23.7 Å². The van der Waals surface area contributed by atoms with Crippen molar-refractivity contribution in [3.05, 3.63) is 64.1 Å². The van der Waals surface area contributed by atoms with E-state index in [1.807, 2.05) is 30.6 Å². The van der Waals surface area contributed by atoms with Crippen LogP contribution in [0, 0.1) is 12.7 Å². The number of aromatic nitrogens is 3. The van der Waals surface area contributed by atoms with Crippen molar-refractivity contribution in [1.29, 1.82) is 0 Å². The fraction of sp³-hybridized carbons (Fsp3) is 0.150. The van der Waals surface area contributed by atoms with E-state index in [1.54, 1.807) is 11.3 Å². The number of anilines is 1. The summed E-state index contributed by atoms with van der Waals surface area (Å²) in [6.07, 6.45) is 0. The smallest absolute Gasteiger partial charge is 0.138 e. The molecule has 142 valence electrons. The van der Waals surface area contributed by atoms with Crippen molar-refractivity contribution in [1.82, 2.24) is 15.0 Å². The van der Waals surface area contributed by atoms with Crippen molar-refractivity contribution in [2.24, 2.45) is 0 Å². The maximum atomic E-state index is 14.2. The Morgan fingerprint density at radius 1 is 1.18 bits per heavy atom. The van der Waals surface area contributed by atoms with Crippen molar-refractivity contribution >= 4 is 39.0 Å². The zero-order valence-corrected chi connectivity index (χ0v) is 16.7. The van der Waals surface area contributed by atoms with Gasteiger partial charge in [-0.15, -0.1) is 11.3 Å². The zero-order valence-electron chi connectivity index (χ0n) is 15.2. The molecule has 0 radical (unpaired) electrons. The summed E-state index contributed by atoms with van der Waals surface area (Å²) in [6, 6.07) is 10.7. The number of nitrogens with zero attached hydrogens (tertiary/aromatic N) is 3. The summed E-state index contributed by atoms with van der Waals surface area (Å²) in [5, 5.41) is 3.38. The molecule has 0 bridgehead atoms. The Hall–Kier alpha value is -2.77. The predicted octanol–water partition coefficient (Wildman–Crippen LogP) is 5.47. The Bertz CT molecular complexity index is 1160. The van der Waals surface area contributed by atoms with Crippen molar-refractivity contribution in [2.75, 3.05) is 12.4 Å². The molecule has 0 aliphatic heterocycles. The van der Waals surface area contributed by atoms with Gasteiger partial charge in [-0.25, -0.2) is 19.3 Å². The zero-order chi connectivity index (χ0) is 19.7. The van der Waals surface area contributed by atoms with Crippen LogP contribution in [0.1, 0.15) is 11.4 Å². The van der Waals surface area contributed by atoms with Gasteiger partial charge < -0.3 is 10.1 Å². The summed E-state index contributed by atoms with van der Waals surface area (Å²) in [5.41, 5.74) is 4.85. The molecule has 4 aromatic rings. The summed E-state index contributed by atoms with van der Waals surface area (Å²) in [6.45, 7) is 1.99. The van der Waals surface area contributed by atoms with Crippen molar-refractivity contribution in [3.63, 3.8) is 0 Å². The van der Waals surface area contributed by atoms with Crippen LogP contribution in [0.3, 0.4) is 0 Å². The van der Waals surface area contributed by atoms with Gasteiger partial charge in [0.15, 0.2) is 0 Å². The molecular formula is C20H16ClFN4OS. The second-order valence-electron chi connectivity index (χ2n) is 6.12. The Labute approximate surface area is 170 Å². The minimum absolute atomic E-state index is 0.172. The van der Waals surface area contributed by atoms with Gasteiger partial charge in [-0.05, 0) is 31.2 Å². The maximum Gasteiger partial charge on any atom is 0.138 e. The quantitative estimate of drug-likeness (QED) is 0.469. The molecule has 4 rings (SSSR count). The molecule has 28 heavy (non-hydrogen) atoms. The van der Waals surface area contributed by atoms with E-state index < -0.39 is 5.82 Å². The number of aryl methyl sites for hydroxylation is 1. The van der Waals surface area contributed by atoms with Crippen molar-refractivity contribution in [3.8, 4) is 17.0 Å². The molecule has 0 aliphatic rings. The van der Waals surface area contributed by atoms with Crippen molar-refractivity contribution < 1.29 is 9.13 Å². The molecular weight excluding hydrogens is 399 g/mol. The topological polar surface area (TPSA) is 59.9 Å². The number of rotatable bonds is 5. The number of thiazole rings is 1. The highest BCUT2D eigenvalue weighted by molar-refractivity contribution is 7.16. The largest absolute Gasteiger partial charge is 0.495 e. The highest BCUT2D eigenvalue weighted by Gasteiger charge is 2.13. The minimum Gasteiger partial charge on any atom is -0.495 e. The number of methoxy groups -OCH3 is 1. The molecule has 5 nitrogen and oxygen atoms in total. The first kappa shape index (κ1) is 18.6. The second-order valence-corrected chi connectivity index (χ2v) is 7.38. The van der Waals surface area contributed by atoms with E-state index in [0.717, 1.165) is 21.5 Å². The molecule has 0 spiro atoms.